The third-order valence-electron chi connectivity index (χ3n) is 1.94. The summed E-state index contributed by atoms with van der Waals surface area (Å²) in [6.07, 6.45) is 0. The molecule has 1 rings (SSSR count). The molecule has 0 aliphatic rings. The summed E-state index contributed by atoms with van der Waals surface area (Å²) in [4.78, 5) is 0. The molecule has 0 bridgehead atoms. The van der Waals surface area contributed by atoms with E-state index in [1.807, 2.05) is 6.07 Å². The molecule has 2 N–H and O–H groups in total. The molecule has 0 aliphatic heterocycles. The highest BCUT2D eigenvalue weighted by molar-refractivity contribution is 5.33. The van der Waals surface area contributed by atoms with E-state index in [9.17, 15) is 5.11 Å². The number of rotatable bonds is 2. The summed E-state index contributed by atoms with van der Waals surface area (Å²) in [5.74, 6) is 0. The van der Waals surface area contributed by atoms with Gasteiger partial charge in [0, 0.05) is 0 Å². The van der Waals surface area contributed by atoms with Crippen molar-refractivity contribution >= 4 is 0 Å². The lowest BCUT2D eigenvalue weighted by atomic mass is 9.96. The Balaban J connectivity index is 3.00. The fourth-order valence-corrected chi connectivity index (χ4v) is 0.995. The van der Waals surface area contributed by atoms with Gasteiger partial charge in [-0.1, -0.05) is 12.1 Å². The van der Waals surface area contributed by atoms with Gasteiger partial charge in [0.25, 0.3) is 0 Å². The van der Waals surface area contributed by atoms with E-state index in [2.05, 4.69) is 0 Å². The van der Waals surface area contributed by atoms with Crippen molar-refractivity contribution in [1.29, 1.82) is 5.26 Å². The Bertz CT molecular complexity index is 322. The van der Waals surface area contributed by atoms with Gasteiger partial charge >= 0.3 is 0 Å². The molecular formula is C10H11NO2. The molecule has 13 heavy (non-hydrogen) atoms. The topological polar surface area (TPSA) is 64.2 Å². The minimum atomic E-state index is -1.23. The quantitative estimate of drug-likeness (QED) is 0.700. The van der Waals surface area contributed by atoms with Crippen molar-refractivity contribution in [2.24, 2.45) is 0 Å². The predicted octanol–water partition coefficient (Wildman–Crippen LogP) is 0.758. The van der Waals surface area contributed by atoms with E-state index in [0.29, 0.717) is 11.1 Å². The number of hydrogen-bond donors (Lipinski definition) is 2. The zero-order valence-corrected chi connectivity index (χ0v) is 7.36. The molecular weight excluding hydrogens is 166 g/mol. The molecule has 0 saturated heterocycles. The first-order valence-electron chi connectivity index (χ1n) is 3.94. The van der Waals surface area contributed by atoms with Crippen molar-refractivity contribution in [1.82, 2.24) is 0 Å². The van der Waals surface area contributed by atoms with Gasteiger partial charge in [-0.3, -0.25) is 0 Å². The molecule has 3 nitrogen and oxygen atoms in total. The highest BCUT2D eigenvalue weighted by Crippen LogP contribution is 2.19. The molecule has 1 aromatic carbocycles. The highest BCUT2D eigenvalue weighted by atomic mass is 16.3. The van der Waals surface area contributed by atoms with Gasteiger partial charge < -0.3 is 10.2 Å². The Morgan fingerprint density at radius 1 is 1.38 bits per heavy atom. The maximum Gasteiger partial charge on any atom is 0.110 e. The van der Waals surface area contributed by atoms with Crippen LogP contribution >= 0.6 is 0 Å². The third-order valence-corrected chi connectivity index (χ3v) is 1.94. The minimum absolute atomic E-state index is 0.334. The van der Waals surface area contributed by atoms with E-state index >= 15 is 0 Å². The molecule has 0 spiro atoms. The predicted molar refractivity (Wildman–Crippen MR) is 47.8 cm³/mol. The maximum atomic E-state index is 9.63. The molecule has 68 valence electrons. The summed E-state index contributed by atoms with van der Waals surface area (Å²) in [6.45, 7) is 1.19. The Hall–Kier alpha value is -1.37. The zero-order valence-electron chi connectivity index (χ0n) is 7.36. The number of hydrogen-bond acceptors (Lipinski definition) is 3. The first-order valence-corrected chi connectivity index (χ1v) is 3.94. The van der Waals surface area contributed by atoms with E-state index < -0.39 is 5.60 Å². The first-order chi connectivity index (χ1) is 6.10. The Morgan fingerprint density at radius 2 is 1.92 bits per heavy atom. The molecule has 1 atom stereocenters. The molecule has 0 radical (unpaired) electrons. The van der Waals surface area contributed by atoms with Gasteiger partial charge in [0.05, 0.1) is 18.2 Å². The second kappa shape index (κ2) is 3.56. The zero-order chi connectivity index (χ0) is 9.90. The fraction of sp³-hybridized carbons (Fsp3) is 0.300. The molecule has 0 saturated carbocycles. The molecule has 0 heterocycles. The van der Waals surface area contributed by atoms with Crippen LogP contribution in [0.15, 0.2) is 24.3 Å². The molecule has 0 aliphatic carbocycles. The van der Waals surface area contributed by atoms with Crippen LogP contribution in [0.2, 0.25) is 0 Å². The van der Waals surface area contributed by atoms with Gasteiger partial charge in [-0.05, 0) is 24.6 Å². The van der Waals surface area contributed by atoms with Crippen molar-refractivity contribution in [3.05, 3.63) is 35.4 Å². The molecule has 3 heteroatoms. The van der Waals surface area contributed by atoms with Gasteiger partial charge in [0.2, 0.25) is 0 Å². The lowest BCUT2D eigenvalue weighted by molar-refractivity contribution is -0.00228. The lowest BCUT2D eigenvalue weighted by Gasteiger charge is -2.20. The Labute approximate surface area is 76.9 Å². The van der Waals surface area contributed by atoms with Crippen LogP contribution in [0.1, 0.15) is 18.1 Å². The average Bonchev–Trinajstić information content (AvgIpc) is 2.18. The second-order valence-electron chi connectivity index (χ2n) is 3.12. The monoisotopic (exact) mass is 177 g/mol. The van der Waals surface area contributed by atoms with Crippen LogP contribution in [0.25, 0.3) is 0 Å². The number of aliphatic hydroxyl groups excluding tert-OH is 1. The van der Waals surface area contributed by atoms with E-state index in [4.69, 9.17) is 10.4 Å². The Morgan fingerprint density at radius 3 is 2.31 bits per heavy atom. The van der Waals surface area contributed by atoms with Crippen LogP contribution in [0.5, 0.6) is 0 Å². The smallest absolute Gasteiger partial charge is 0.110 e. The molecule has 0 amide bonds. The van der Waals surface area contributed by atoms with Crippen molar-refractivity contribution in [2.45, 2.75) is 12.5 Å². The highest BCUT2D eigenvalue weighted by Gasteiger charge is 2.21. The normalized spacial score (nSPS) is 14.6. The van der Waals surface area contributed by atoms with Gasteiger partial charge in [-0.15, -0.1) is 0 Å². The number of nitriles is 1. The van der Waals surface area contributed by atoms with E-state index in [-0.39, 0.29) is 6.61 Å². The van der Waals surface area contributed by atoms with Gasteiger partial charge in [-0.25, -0.2) is 0 Å². The number of benzene rings is 1. The largest absolute Gasteiger partial charge is 0.393 e. The summed E-state index contributed by atoms with van der Waals surface area (Å²) >= 11 is 0. The average molecular weight is 177 g/mol. The summed E-state index contributed by atoms with van der Waals surface area (Å²) in [5, 5.41) is 27.0. The van der Waals surface area contributed by atoms with E-state index in [1.165, 1.54) is 6.92 Å². The maximum absolute atomic E-state index is 9.63. The third kappa shape index (κ3) is 2.05. The summed E-state index contributed by atoms with van der Waals surface area (Å²) < 4.78 is 0. The van der Waals surface area contributed by atoms with Gasteiger partial charge in [0.1, 0.15) is 5.60 Å². The minimum Gasteiger partial charge on any atom is -0.393 e. The molecule has 1 aromatic rings. The summed E-state index contributed by atoms with van der Waals surface area (Å²) in [5.41, 5.74) is -0.0833. The number of aliphatic hydroxyl groups is 2. The molecule has 0 unspecified atom stereocenters. The van der Waals surface area contributed by atoms with E-state index in [1.54, 1.807) is 24.3 Å². The lowest BCUT2D eigenvalue weighted by Crippen LogP contribution is -2.25. The standard InChI is InChI=1S/C10H11NO2/c1-10(13,7-12)9-4-2-8(6-11)3-5-9/h2-5,12-13H,7H2,1H3/t10-/m1/s1. The van der Waals surface area contributed by atoms with Crippen molar-refractivity contribution in [3.8, 4) is 6.07 Å². The van der Waals surface area contributed by atoms with Crippen LogP contribution in [-0.2, 0) is 5.60 Å². The van der Waals surface area contributed by atoms with Crippen LogP contribution in [0.3, 0.4) is 0 Å². The Kier molecular flexibility index (Phi) is 2.66. The van der Waals surface area contributed by atoms with Crippen molar-refractivity contribution in [3.63, 3.8) is 0 Å². The van der Waals surface area contributed by atoms with E-state index in [0.717, 1.165) is 0 Å². The van der Waals surface area contributed by atoms with Gasteiger partial charge in [-0.2, -0.15) is 5.26 Å². The van der Waals surface area contributed by atoms with Crippen LogP contribution in [-0.4, -0.2) is 16.8 Å². The SMILES string of the molecule is C[C@@](O)(CO)c1ccc(C#N)cc1. The fourth-order valence-electron chi connectivity index (χ4n) is 0.995. The van der Waals surface area contributed by atoms with Crippen LogP contribution < -0.4 is 0 Å². The van der Waals surface area contributed by atoms with Gasteiger partial charge in [0.15, 0.2) is 0 Å². The summed E-state index contributed by atoms with van der Waals surface area (Å²) in [7, 11) is 0. The van der Waals surface area contributed by atoms with Crippen LogP contribution in [0, 0.1) is 11.3 Å². The summed E-state index contributed by atoms with van der Waals surface area (Å²) in [6, 6.07) is 8.47. The first kappa shape index (κ1) is 9.72. The van der Waals surface area contributed by atoms with Crippen molar-refractivity contribution in [2.75, 3.05) is 6.61 Å². The van der Waals surface area contributed by atoms with Crippen molar-refractivity contribution < 1.29 is 10.2 Å². The number of nitrogens with zero attached hydrogens (tertiary/aromatic N) is 1. The molecule has 0 fully saturated rings. The van der Waals surface area contributed by atoms with Crippen LogP contribution in [0.4, 0.5) is 0 Å². The molecule has 0 aromatic heterocycles. The second-order valence-corrected chi connectivity index (χ2v) is 3.12.